The first-order valence-corrected chi connectivity index (χ1v) is 6.67. The number of rotatable bonds is 4. The third-order valence-corrected chi connectivity index (χ3v) is 3.62. The molecule has 1 saturated heterocycles. The zero-order valence-electron chi connectivity index (χ0n) is 10.6. The van der Waals surface area contributed by atoms with Crippen LogP contribution < -0.4 is 10.6 Å². The van der Waals surface area contributed by atoms with Gasteiger partial charge in [0, 0.05) is 39.3 Å². The highest BCUT2D eigenvalue weighted by Gasteiger charge is 2.18. The van der Waals surface area contributed by atoms with Gasteiger partial charge >= 0.3 is 0 Å². The molecule has 1 aromatic rings. The Balaban J connectivity index is 1.91. The summed E-state index contributed by atoms with van der Waals surface area (Å²) in [6.07, 6.45) is 0. The Morgan fingerprint density at radius 2 is 1.89 bits per heavy atom. The predicted molar refractivity (Wildman–Crippen MR) is 78.3 cm³/mol. The third kappa shape index (κ3) is 3.25. The van der Waals surface area contributed by atoms with Crippen molar-refractivity contribution >= 4 is 17.3 Å². The third-order valence-electron chi connectivity index (χ3n) is 3.30. The molecule has 1 aromatic carbocycles. The zero-order chi connectivity index (χ0) is 13.0. The van der Waals surface area contributed by atoms with Gasteiger partial charge < -0.3 is 10.6 Å². The van der Waals surface area contributed by atoms with Gasteiger partial charge in [0.15, 0.2) is 0 Å². The van der Waals surface area contributed by atoms with Gasteiger partial charge in [-0.05, 0) is 17.7 Å². The summed E-state index contributed by atoms with van der Waals surface area (Å²) < 4.78 is 0. The Kier molecular flexibility index (Phi) is 4.64. The lowest BCUT2D eigenvalue weighted by Crippen LogP contribution is -2.47. The van der Waals surface area contributed by atoms with Crippen LogP contribution in [0.5, 0.6) is 0 Å². The highest BCUT2D eigenvalue weighted by Crippen LogP contribution is 2.25. The summed E-state index contributed by atoms with van der Waals surface area (Å²) in [5, 5.41) is 0.831. The normalized spacial score (nSPS) is 16.9. The van der Waals surface area contributed by atoms with E-state index in [1.54, 1.807) is 0 Å². The lowest BCUT2D eigenvalue weighted by atomic mass is 10.2. The monoisotopic (exact) mass is 265 g/mol. The fourth-order valence-electron chi connectivity index (χ4n) is 2.24. The molecule has 0 atom stereocenters. The van der Waals surface area contributed by atoms with Crippen LogP contribution in [0.3, 0.4) is 0 Å². The van der Waals surface area contributed by atoms with Gasteiger partial charge in [0.05, 0.1) is 10.7 Å². The minimum atomic E-state index is 0.574. The molecule has 0 radical (unpaired) electrons. The molecule has 1 heterocycles. The van der Waals surface area contributed by atoms with E-state index in [0.717, 1.165) is 49.0 Å². The van der Waals surface area contributed by atoms with E-state index in [9.17, 15) is 0 Å². The van der Waals surface area contributed by atoms with E-state index < -0.39 is 0 Å². The maximum Gasteiger partial charge on any atom is 0.0639 e. The summed E-state index contributed by atoms with van der Waals surface area (Å²) in [7, 11) is 0. The van der Waals surface area contributed by atoms with Crippen LogP contribution >= 0.6 is 11.6 Å². The van der Waals surface area contributed by atoms with E-state index in [-0.39, 0.29) is 0 Å². The van der Waals surface area contributed by atoms with Crippen molar-refractivity contribution in [3.63, 3.8) is 0 Å². The van der Waals surface area contributed by atoms with Gasteiger partial charge in [0.25, 0.3) is 0 Å². The topological polar surface area (TPSA) is 32.5 Å². The first-order valence-electron chi connectivity index (χ1n) is 6.29. The van der Waals surface area contributed by atoms with Gasteiger partial charge in [-0.1, -0.05) is 30.3 Å². The summed E-state index contributed by atoms with van der Waals surface area (Å²) >= 11 is 6.21. The van der Waals surface area contributed by atoms with Crippen molar-refractivity contribution in [1.82, 2.24) is 4.90 Å². The molecule has 2 N–H and O–H groups in total. The lowest BCUT2D eigenvalue weighted by molar-refractivity contribution is 0.277. The average Bonchev–Trinajstić information content (AvgIpc) is 2.40. The average molecular weight is 266 g/mol. The molecule has 18 heavy (non-hydrogen) atoms. The van der Waals surface area contributed by atoms with Gasteiger partial charge in [-0.2, -0.15) is 0 Å². The van der Waals surface area contributed by atoms with Crippen molar-refractivity contribution in [2.24, 2.45) is 5.73 Å². The van der Waals surface area contributed by atoms with Crippen molar-refractivity contribution in [2.45, 2.75) is 0 Å². The Morgan fingerprint density at radius 1 is 1.22 bits per heavy atom. The predicted octanol–water partition coefficient (Wildman–Crippen LogP) is 1.98. The molecule has 3 nitrogen and oxygen atoms in total. The standard InChI is InChI=1S/C14H20ClN3/c1-12(10-16)11-17-6-8-18(9-7-17)14-5-3-2-4-13(14)15/h2-5H,1,6-11,16H2. The smallest absolute Gasteiger partial charge is 0.0639 e. The van der Waals surface area contributed by atoms with Gasteiger partial charge in [-0.15, -0.1) is 0 Å². The summed E-state index contributed by atoms with van der Waals surface area (Å²) in [5.41, 5.74) is 7.81. The SMILES string of the molecule is C=C(CN)CN1CCN(c2ccccc2Cl)CC1. The zero-order valence-corrected chi connectivity index (χ0v) is 11.4. The van der Waals surface area contributed by atoms with Crippen LogP contribution in [0.2, 0.25) is 5.02 Å². The number of para-hydroxylation sites is 1. The molecule has 98 valence electrons. The highest BCUT2D eigenvalue weighted by molar-refractivity contribution is 6.33. The van der Waals surface area contributed by atoms with Crippen LogP contribution in [0.15, 0.2) is 36.4 Å². The van der Waals surface area contributed by atoms with E-state index in [1.165, 1.54) is 0 Å². The number of hydrogen-bond acceptors (Lipinski definition) is 3. The number of nitrogens with two attached hydrogens (primary N) is 1. The second-order valence-corrected chi connectivity index (χ2v) is 5.08. The highest BCUT2D eigenvalue weighted by atomic mass is 35.5. The molecule has 0 bridgehead atoms. The minimum absolute atomic E-state index is 0.574. The van der Waals surface area contributed by atoms with Gasteiger partial charge in [-0.25, -0.2) is 0 Å². The maximum atomic E-state index is 6.21. The molecule has 0 saturated carbocycles. The van der Waals surface area contributed by atoms with Crippen LogP contribution in [0, 0.1) is 0 Å². The maximum absolute atomic E-state index is 6.21. The molecule has 4 heteroatoms. The van der Waals surface area contributed by atoms with E-state index in [0.29, 0.717) is 6.54 Å². The first kappa shape index (κ1) is 13.4. The molecule has 1 aliphatic rings. The van der Waals surface area contributed by atoms with Crippen LogP contribution in [0.4, 0.5) is 5.69 Å². The van der Waals surface area contributed by atoms with Gasteiger partial charge in [-0.3, -0.25) is 4.90 Å². The second-order valence-electron chi connectivity index (χ2n) is 4.67. The van der Waals surface area contributed by atoms with Crippen molar-refractivity contribution in [3.8, 4) is 0 Å². The molecule has 2 rings (SSSR count). The number of benzene rings is 1. The van der Waals surface area contributed by atoms with E-state index in [2.05, 4.69) is 22.4 Å². The Hall–Kier alpha value is -1.03. The van der Waals surface area contributed by atoms with E-state index in [1.807, 2.05) is 18.2 Å². The van der Waals surface area contributed by atoms with Gasteiger partial charge in [0.2, 0.25) is 0 Å². The lowest BCUT2D eigenvalue weighted by Gasteiger charge is -2.36. The van der Waals surface area contributed by atoms with Gasteiger partial charge in [0.1, 0.15) is 0 Å². The molecule has 0 spiro atoms. The minimum Gasteiger partial charge on any atom is -0.368 e. The van der Waals surface area contributed by atoms with E-state index in [4.69, 9.17) is 17.3 Å². The van der Waals surface area contributed by atoms with Crippen molar-refractivity contribution < 1.29 is 0 Å². The number of halogens is 1. The largest absolute Gasteiger partial charge is 0.368 e. The molecule has 0 aliphatic carbocycles. The second kappa shape index (κ2) is 6.23. The Bertz CT molecular complexity index is 411. The summed E-state index contributed by atoms with van der Waals surface area (Å²) in [6, 6.07) is 8.02. The number of piperazine rings is 1. The molecule has 1 aliphatic heterocycles. The first-order chi connectivity index (χ1) is 8.70. The summed E-state index contributed by atoms with van der Waals surface area (Å²) in [6.45, 7) is 9.51. The fourth-order valence-corrected chi connectivity index (χ4v) is 2.49. The Labute approximate surface area is 114 Å². The van der Waals surface area contributed by atoms with E-state index >= 15 is 0 Å². The summed E-state index contributed by atoms with van der Waals surface area (Å²) in [4.78, 5) is 4.73. The van der Waals surface area contributed by atoms with Crippen molar-refractivity contribution in [3.05, 3.63) is 41.4 Å². The molecule has 0 amide bonds. The molecule has 1 fully saturated rings. The van der Waals surface area contributed by atoms with Crippen molar-refractivity contribution in [1.29, 1.82) is 0 Å². The number of nitrogens with zero attached hydrogens (tertiary/aromatic N) is 2. The number of anilines is 1. The van der Waals surface area contributed by atoms with Crippen LogP contribution in [-0.4, -0.2) is 44.2 Å². The molecule has 0 aromatic heterocycles. The quantitative estimate of drug-likeness (QED) is 0.845. The Morgan fingerprint density at radius 3 is 2.50 bits per heavy atom. The van der Waals surface area contributed by atoms with Crippen molar-refractivity contribution in [2.75, 3.05) is 44.2 Å². The molecular weight excluding hydrogens is 246 g/mol. The molecular formula is C14H20ClN3. The summed E-state index contributed by atoms with van der Waals surface area (Å²) in [5.74, 6) is 0. The fraction of sp³-hybridized carbons (Fsp3) is 0.429. The number of hydrogen-bond donors (Lipinski definition) is 1. The molecule has 0 unspecified atom stereocenters. The van der Waals surface area contributed by atoms with Crippen LogP contribution in [0.1, 0.15) is 0 Å². The van der Waals surface area contributed by atoms with Crippen LogP contribution in [-0.2, 0) is 0 Å². The van der Waals surface area contributed by atoms with Crippen LogP contribution in [0.25, 0.3) is 0 Å².